The van der Waals surface area contributed by atoms with E-state index in [-0.39, 0.29) is 24.4 Å². The van der Waals surface area contributed by atoms with Crippen LogP contribution in [0.2, 0.25) is 5.02 Å². The molecule has 0 spiro atoms. The van der Waals surface area contributed by atoms with Crippen molar-refractivity contribution in [3.05, 3.63) is 94.9 Å². The molecule has 0 saturated carbocycles. The first-order chi connectivity index (χ1) is 15.9. The fourth-order valence-electron chi connectivity index (χ4n) is 2.73. The van der Waals surface area contributed by atoms with Crippen molar-refractivity contribution in [2.75, 3.05) is 11.9 Å². The van der Waals surface area contributed by atoms with Crippen molar-refractivity contribution in [3.63, 3.8) is 0 Å². The zero-order chi connectivity index (χ0) is 23.6. The van der Waals surface area contributed by atoms with Crippen molar-refractivity contribution < 1.29 is 28.3 Å². The molecular weight excluding hydrogens is 446 g/mol. The molecule has 1 N–H and O–H groups in total. The van der Waals surface area contributed by atoms with E-state index in [0.29, 0.717) is 27.6 Å². The van der Waals surface area contributed by atoms with Crippen LogP contribution in [0.25, 0.3) is 6.08 Å². The van der Waals surface area contributed by atoms with Gasteiger partial charge in [-0.25, -0.2) is 0 Å². The van der Waals surface area contributed by atoms with Crippen LogP contribution in [0, 0.1) is 0 Å². The molecule has 0 fully saturated rings. The summed E-state index contributed by atoms with van der Waals surface area (Å²) in [6.07, 6.45) is 4.20. The predicted octanol–water partition coefficient (Wildman–Crippen LogP) is 4.97. The number of furan rings is 1. The number of anilines is 1. The molecule has 3 rings (SSSR count). The Morgan fingerprint density at radius 3 is 2.27 bits per heavy atom. The molecule has 1 aromatic heterocycles. The maximum atomic E-state index is 12.2. The summed E-state index contributed by atoms with van der Waals surface area (Å²) in [5, 5.41) is 3.14. The fraction of sp³-hybridized carbons (Fsp3) is 0.120. The van der Waals surface area contributed by atoms with E-state index in [1.54, 1.807) is 66.7 Å². The van der Waals surface area contributed by atoms with Gasteiger partial charge >= 0.3 is 5.97 Å². The third-order valence-electron chi connectivity index (χ3n) is 4.48. The summed E-state index contributed by atoms with van der Waals surface area (Å²) in [7, 11) is 0. The lowest BCUT2D eigenvalue weighted by Crippen LogP contribution is -2.17. The molecule has 3 aromatic rings. The van der Waals surface area contributed by atoms with Gasteiger partial charge in [0.25, 0.3) is 0 Å². The summed E-state index contributed by atoms with van der Waals surface area (Å²) in [6.45, 7) is -0.411. The molecule has 0 atom stereocenters. The maximum Gasteiger partial charge on any atom is 0.306 e. The van der Waals surface area contributed by atoms with Crippen molar-refractivity contribution in [2.24, 2.45) is 0 Å². The van der Waals surface area contributed by atoms with E-state index in [9.17, 15) is 19.2 Å². The van der Waals surface area contributed by atoms with Gasteiger partial charge in [-0.15, -0.1) is 0 Å². The van der Waals surface area contributed by atoms with Crippen LogP contribution in [0.15, 0.2) is 77.4 Å². The van der Waals surface area contributed by atoms with Crippen LogP contribution in [-0.2, 0) is 14.3 Å². The molecule has 8 heteroatoms. The number of ether oxygens (including phenoxy) is 1. The zero-order valence-electron chi connectivity index (χ0n) is 17.5. The predicted molar refractivity (Wildman–Crippen MR) is 123 cm³/mol. The number of amides is 1. The standard InChI is InChI=1S/C25H20ClNO6/c26-19-7-3-18(4-8-19)23(29)16-33-25(31)14-13-24(30)27-20-9-5-17(6-10-20)22(28)12-11-21-2-1-15-32-21/h1-12,15H,13-14,16H2,(H,27,30)/b12-11+. The molecule has 0 aliphatic rings. The van der Waals surface area contributed by atoms with Crippen LogP contribution in [-0.4, -0.2) is 30.0 Å². The number of benzene rings is 2. The maximum absolute atomic E-state index is 12.2. The number of hydrogen-bond acceptors (Lipinski definition) is 6. The molecule has 0 unspecified atom stereocenters. The normalized spacial score (nSPS) is 10.7. The molecule has 7 nitrogen and oxygen atoms in total. The second-order valence-corrected chi connectivity index (χ2v) is 7.37. The molecule has 168 valence electrons. The fourth-order valence-corrected chi connectivity index (χ4v) is 2.86. The number of ketones is 2. The Morgan fingerprint density at radius 1 is 0.909 bits per heavy atom. The van der Waals surface area contributed by atoms with Crippen molar-refractivity contribution in [2.45, 2.75) is 12.8 Å². The lowest BCUT2D eigenvalue weighted by Gasteiger charge is -2.07. The second-order valence-electron chi connectivity index (χ2n) is 6.93. The van der Waals surface area contributed by atoms with E-state index in [0.717, 1.165) is 0 Å². The number of nitrogens with one attached hydrogen (secondary N) is 1. The highest BCUT2D eigenvalue weighted by Gasteiger charge is 2.12. The third-order valence-corrected chi connectivity index (χ3v) is 4.73. The zero-order valence-corrected chi connectivity index (χ0v) is 18.2. The van der Waals surface area contributed by atoms with Crippen molar-refractivity contribution in [1.29, 1.82) is 0 Å². The minimum Gasteiger partial charge on any atom is -0.465 e. The molecule has 0 saturated heterocycles. The number of rotatable bonds is 10. The average Bonchev–Trinajstić information content (AvgIpc) is 3.34. The number of esters is 1. The van der Waals surface area contributed by atoms with Gasteiger partial charge in [0.2, 0.25) is 5.91 Å². The number of Topliss-reactive ketones (excluding diaryl/α,β-unsaturated/α-hetero) is 1. The number of carbonyl (C=O) groups excluding carboxylic acids is 4. The Morgan fingerprint density at radius 2 is 1.61 bits per heavy atom. The summed E-state index contributed by atoms with van der Waals surface area (Å²) in [4.78, 5) is 48.1. The van der Waals surface area contributed by atoms with Crippen molar-refractivity contribution in [3.8, 4) is 0 Å². The molecule has 33 heavy (non-hydrogen) atoms. The van der Waals surface area contributed by atoms with Crippen LogP contribution in [0.4, 0.5) is 5.69 Å². The van der Waals surface area contributed by atoms with E-state index in [2.05, 4.69) is 5.32 Å². The average molecular weight is 466 g/mol. The number of carbonyl (C=O) groups is 4. The van der Waals surface area contributed by atoms with Gasteiger partial charge in [-0.1, -0.05) is 11.6 Å². The first-order valence-electron chi connectivity index (χ1n) is 10.0. The third kappa shape index (κ3) is 7.59. The lowest BCUT2D eigenvalue weighted by atomic mass is 10.1. The summed E-state index contributed by atoms with van der Waals surface area (Å²) in [6, 6.07) is 16.0. The Hall–Kier alpha value is -3.97. The molecule has 0 radical (unpaired) electrons. The Bertz CT molecular complexity index is 1150. The van der Waals surface area contributed by atoms with Crippen LogP contribution < -0.4 is 5.32 Å². The summed E-state index contributed by atoms with van der Waals surface area (Å²) in [5.41, 5.74) is 1.31. The first-order valence-corrected chi connectivity index (χ1v) is 10.4. The van der Waals surface area contributed by atoms with Gasteiger partial charge in [0.15, 0.2) is 18.2 Å². The van der Waals surface area contributed by atoms with Crippen molar-refractivity contribution in [1.82, 2.24) is 0 Å². The van der Waals surface area contributed by atoms with E-state index < -0.39 is 18.5 Å². The SMILES string of the molecule is O=C(CCC(=O)OCC(=O)c1ccc(Cl)cc1)Nc1ccc(C(=O)/C=C/c2ccco2)cc1. The van der Waals surface area contributed by atoms with Gasteiger partial charge in [-0.05, 0) is 72.8 Å². The van der Waals surface area contributed by atoms with Crippen LogP contribution in [0.1, 0.15) is 39.3 Å². The largest absolute Gasteiger partial charge is 0.465 e. The summed E-state index contributed by atoms with van der Waals surface area (Å²) >= 11 is 5.77. The lowest BCUT2D eigenvalue weighted by molar-refractivity contribution is -0.143. The second kappa shape index (κ2) is 11.6. The Labute approximate surface area is 195 Å². The van der Waals surface area contributed by atoms with Gasteiger partial charge in [-0.2, -0.15) is 0 Å². The summed E-state index contributed by atoms with van der Waals surface area (Å²) < 4.78 is 10.1. The molecule has 2 aromatic carbocycles. The van der Waals surface area contributed by atoms with E-state index in [4.69, 9.17) is 20.8 Å². The van der Waals surface area contributed by atoms with E-state index in [1.807, 2.05) is 0 Å². The van der Waals surface area contributed by atoms with Gasteiger partial charge in [0.1, 0.15) is 5.76 Å². The van der Waals surface area contributed by atoms with E-state index in [1.165, 1.54) is 12.3 Å². The summed E-state index contributed by atoms with van der Waals surface area (Å²) in [5.74, 6) is -1.05. The number of halogens is 1. The molecule has 0 aliphatic carbocycles. The quantitative estimate of drug-likeness (QED) is 0.257. The van der Waals surface area contributed by atoms with Gasteiger partial charge in [-0.3, -0.25) is 19.2 Å². The number of allylic oxidation sites excluding steroid dienone is 1. The topological polar surface area (TPSA) is 103 Å². The minimum atomic E-state index is -0.656. The van der Waals surface area contributed by atoms with E-state index >= 15 is 0 Å². The molecule has 0 bridgehead atoms. The highest BCUT2D eigenvalue weighted by molar-refractivity contribution is 6.30. The molecule has 0 aliphatic heterocycles. The molecule has 1 heterocycles. The monoisotopic (exact) mass is 465 g/mol. The minimum absolute atomic E-state index is 0.111. The number of hydrogen-bond donors (Lipinski definition) is 1. The van der Waals surface area contributed by atoms with Gasteiger partial charge in [0.05, 0.1) is 12.7 Å². The molecule has 1 amide bonds. The Kier molecular flexibility index (Phi) is 8.32. The highest BCUT2D eigenvalue weighted by Crippen LogP contribution is 2.13. The smallest absolute Gasteiger partial charge is 0.306 e. The molecular formula is C25H20ClNO6. The van der Waals surface area contributed by atoms with Crippen LogP contribution >= 0.6 is 11.6 Å². The van der Waals surface area contributed by atoms with Crippen molar-refractivity contribution >= 4 is 46.8 Å². The van der Waals surface area contributed by atoms with Gasteiger partial charge in [0, 0.05) is 28.3 Å². The van der Waals surface area contributed by atoms with Gasteiger partial charge < -0.3 is 14.5 Å². The Balaban J connectivity index is 1.40. The van der Waals surface area contributed by atoms with Crippen LogP contribution in [0.5, 0.6) is 0 Å². The van der Waals surface area contributed by atoms with Crippen LogP contribution in [0.3, 0.4) is 0 Å². The first kappa shape index (κ1) is 23.7. The highest BCUT2D eigenvalue weighted by atomic mass is 35.5.